The predicted octanol–water partition coefficient (Wildman–Crippen LogP) is 3.83. The summed E-state index contributed by atoms with van der Waals surface area (Å²) in [5, 5.41) is 1.20. The van der Waals surface area contributed by atoms with E-state index in [1.165, 1.54) is 19.9 Å². The van der Waals surface area contributed by atoms with Crippen molar-refractivity contribution in [1.82, 2.24) is 0 Å². The summed E-state index contributed by atoms with van der Waals surface area (Å²) in [7, 11) is -3.42. The van der Waals surface area contributed by atoms with Crippen LogP contribution in [0, 0.1) is 0 Å². The Labute approximate surface area is 172 Å². The van der Waals surface area contributed by atoms with Gasteiger partial charge in [0, 0.05) is 24.5 Å². The molecule has 2 rings (SSSR count). The maximum atomic E-state index is 14.8. The summed E-state index contributed by atoms with van der Waals surface area (Å²) in [6, 6.07) is 18.1. The molecule has 0 N–H and O–H groups in total. The van der Waals surface area contributed by atoms with Gasteiger partial charge in [-0.2, -0.15) is 0 Å². The second-order valence-corrected chi connectivity index (χ2v) is 9.63. The maximum absolute atomic E-state index is 14.8. The Morgan fingerprint density at radius 3 is 1.72 bits per heavy atom. The van der Waals surface area contributed by atoms with Crippen molar-refractivity contribution in [3.05, 3.63) is 73.3 Å². The Balaban J connectivity index is 2.78. The molecule has 3 atom stereocenters. The molecular formula is C23H27O5P. The first-order valence-corrected chi connectivity index (χ1v) is 11.3. The predicted molar refractivity (Wildman–Crippen MR) is 115 cm³/mol. The highest BCUT2D eigenvalue weighted by Crippen LogP contribution is 2.53. The molecule has 0 bridgehead atoms. The fraction of sp³-hybridized carbons (Fsp3) is 0.304. The van der Waals surface area contributed by atoms with E-state index in [1.54, 1.807) is 24.3 Å². The third kappa shape index (κ3) is 5.24. The van der Waals surface area contributed by atoms with Crippen molar-refractivity contribution in [1.29, 1.82) is 0 Å². The first-order chi connectivity index (χ1) is 13.8. The molecular weight excluding hydrogens is 387 g/mol. The van der Waals surface area contributed by atoms with Crippen molar-refractivity contribution in [2.24, 2.45) is 0 Å². The molecule has 0 aliphatic heterocycles. The van der Waals surface area contributed by atoms with Crippen LogP contribution in [0.25, 0.3) is 0 Å². The zero-order valence-electron chi connectivity index (χ0n) is 17.0. The molecule has 5 nitrogen and oxygen atoms in total. The van der Waals surface area contributed by atoms with Crippen molar-refractivity contribution in [2.75, 3.05) is 0 Å². The summed E-state index contributed by atoms with van der Waals surface area (Å²) in [5.41, 5.74) is -0.817. The fourth-order valence-electron chi connectivity index (χ4n) is 3.50. The minimum Gasteiger partial charge on any atom is -0.462 e. The molecule has 154 valence electrons. The number of carbonyl (C=O) groups is 2. The van der Waals surface area contributed by atoms with Gasteiger partial charge in [0.05, 0.1) is 5.66 Å². The normalized spacial score (nSPS) is 14.3. The average Bonchev–Trinajstić information content (AvgIpc) is 2.72. The quantitative estimate of drug-likeness (QED) is 0.354. The third-order valence-corrected chi connectivity index (χ3v) is 8.27. The summed E-state index contributed by atoms with van der Waals surface area (Å²) in [4.78, 5) is 23.6. The van der Waals surface area contributed by atoms with E-state index < -0.39 is 36.9 Å². The van der Waals surface area contributed by atoms with Crippen molar-refractivity contribution >= 4 is 29.7 Å². The van der Waals surface area contributed by atoms with Gasteiger partial charge in [0.1, 0.15) is 12.2 Å². The molecule has 2 aromatic rings. The lowest BCUT2D eigenvalue weighted by molar-refractivity contribution is -0.150. The van der Waals surface area contributed by atoms with Crippen LogP contribution in [-0.2, 0) is 23.6 Å². The Bertz CT molecular complexity index is 835. The van der Waals surface area contributed by atoms with Crippen LogP contribution in [0.5, 0.6) is 0 Å². The van der Waals surface area contributed by atoms with Crippen LogP contribution >= 0.6 is 7.14 Å². The molecule has 0 aliphatic carbocycles. The molecule has 0 aliphatic rings. The SMILES string of the molecule is C=C[C@H](OC(C)=O)[C@H]([C@@H](CC)OC(C)=O)P(=O)(c1ccccc1)c1ccccc1. The molecule has 0 aromatic heterocycles. The fourth-order valence-corrected chi connectivity index (χ4v) is 7.05. The van der Waals surface area contributed by atoms with Gasteiger partial charge in [-0.25, -0.2) is 0 Å². The van der Waals surface area contributed by atoms with Crippen LogP contribution in [0.1, 0.15) is 27.2 Å². The summed E-state index contributed by atoms with van der Waals surface area (Å²) >= 11 is 0. The van der Waals surface area contributed by atoms with Crippen molar-refractivity contribution in [2.45, 2.75) is 45.1 Å². The minimum atomic E-state index is -3.42. The number of ether oxygens (including phenoxy) is 2. The molecule has 0 amide bonds. The number of benzene rings is 2. The van der Waals surface area contributed by atoms with Crippen LogP contribution in [0.2, 0.25) is 0 Å². The van der Waals surface area contributed by atoms with Crippen LogP contribution in [0.3, 0.4) is 0 Å². The van der Waals surface area contributed by atoms with E-state index in [1.807, 2.05) is 43.3 Å². The van der Waals surface area contributed by atoms with Gasteiger partial charge in [0.15, 0.2) is 7.14 Å². The van der Waals surface area contributed by atoms with Crippen LogP contribution < -0.4 is 10.6 Å². The Kier molecular flexibility index (Phi) is 7.98. The molecule has 2 aromatic carbocycles. The van der Waals surface area contributed by atoms with Crippen molar-refractivity contribution in [3.63, 3.8) is 0 Å². The van der Waals surface area contributed by atoms with E-state index in [-0.39, 0.29) is 0 Å². The molecule has 0 spiro atoms. The first kappa shape index (κ1) is 22.6. The third-order valence-electron chi connectivity index (χ3n) is 4.67. The van der Waals surface area contributed by atoms with Gasteiger partial charge in [-0.3, -0.25) is 9.59 Å². The average molecular weight is 414 g/mol. The molecule has 6 heteroatoms. The second kappa shape index (κ2) is 10.2. The van der Waals surface area contributed by atoms with E-state index in [0.29, 0.717) is 17.0 Å². The maximum Gasteiger partial charge on any atom is 0.303 e. The lowest BCUT2D eigenvalue weighted by Crippen LogP contribution is -2.45. The zero-order valence-corrected chi connectivity index (χ0v) is 17.9. The van der Waals surface area contributed by atoms with Gasteiger partial charge in [-0.05, 0) is 6.42 Å². The van der Waals surface area contributed by atoms with Gasteiger partial charge in [-0.15, -0.1) is 0 Å². The summed E-state index contributed by atoms with van der Waals surface area (Å²) in [5.74, 6) is -1.01. The molecule has 29 heavy (non-hydrogen) atoms. The Morgan fingerprint density at radius 2 is 1.38 bits per heavy atom. The topological polar surface area (TPSA) is 69.7 Å². The van der Waals surface area contributed by atoms with Crippen LogP contribution in [-0.4, -0.2) is 29.8 Å². The van der Waals surface area contributed by atoms with E-state index in [2.05, 4.69) is 6.58 Å². The van der Waals surface area contributed by atoms with Crippen LogP contribution in [0.15, 0.2) is 73.3 Å². The highest BCUT2D eigenvalue weighted by Gasteiger charge is 2.47. The zero-order chi connectivity index (χ0) is 21.4. The largest absolute Gasteiger partial charge is 0.462 e. The summed E-state index contributed by atoms with van der Waals surface area (Å²) in [6.07, 6.45) is 0.222. The Morgan fingerprint density at radius 1 is 0.931 bits per heavy atom. The molecule has 0 unspecified atom stereocenters. The number of carbonyl (C=O) groups excluding carboxylic acids is 2. The number of hydrogen-bond acceptors (Lipinski definition) is 5. The molecule has 0 saturated carbocycles. The van der Waals surface area contributed by atoms with E-state index in [9.17, 15) is 14.2 Å². The van der Waals surface area contributed by atoms with Gasteiger partial charge < -0.3 is 14.0 Å². The number of hydrogen-bond donors (Lipinski definition) is 0. The minimum absolute atomic E-state index is 0.402. The standard InChI is InChI=1S/C23H27O5P/c1-5-21(27-17(3)24)23(22(6-2)28-18(4)25)29(26,19-13-9-7-10-14-19)20-15-11-8-12-16-20/h5,7-16,21-23H,1,6H2,2-4H3/t21-,22+,23+/m0/s1. The van der Waals surface area contributed by atoms with Gasteiger partial charge in [-0.1, -0.05) is 80.2 Å². The molecule has 0 radical (unpaired) electrons. The van der Waals surface area contributed by atoms with Gasteiger partial charge in [0.25, 0.3) is 0 Å². The highest BCUT2D eigenvalue weighted by atomic mass is 31.2. The monoisotopic (exact) mass is 414 g/mol. The highest BCUT2D eigenvalue weighted by molar-refractivity contribution is 7.79. The lowest BCUT2D eigenvalue weighted by Gasteiger charge is -2.37. The van der Waals surface area contributed by atoms with E-state index in [0.717, 1.165) is 0 Å². The van der Waals surface area contributed by atoms with E-state index >= 15 is 0 Å². The van der Waals surface area contributed by atoms with E-state index in [4.69, 9.17) is 9.47 Å². The molecule has 0 heterocycles. The van der Waals surface area contributed by atoms with Crippen LogP contribution in [0.4, 0.5) is 0 Å². The van der Waals surface area contributed by atoms with Gasteiger partial charge >= 0.3 is 11.9 Å². The lowest BCUT2D eigenvalue weighted by atomic mass is 10.1. The van der Waals surface area contributed by atoms with Crippen molar-refractivity contribution in [3.8, 4) is 0 Å². The van der Waals surface area contributed by atoms with Crippen molar-refractivity contribution < 1.29 is 23.6 Å². The van der Waals surface area contributed by atoms with Gasteiger partial charge in [0.2, 0.25) is 0 Å². The smallest absolute Gasteiger partial charge is 0.303 e. The second-order valence-electron chi connectivity index (χ2n) is 6.69. The molecule has 0 fully saturated rings. The number of rotatable bonds is 9. The summed E-state index contributed by atoms with van der Waals surface area (Å²) < 4.78 is 25.9. The number of esters is 2. The summed E-state index contributed by atoms with van der Waals surface area (Å²) in [6.45, 7) is 8.23. The first-order valence-electron chi connectivity index (χ1n) is 9.52. The Hall–Kier alpha value is -2.65. The molecule has 0 saturated heterocycles.